The first-order valence-corrected chi connectivity index (χ1v) is 9.78. The van der Waals surface area contributed by atoms with Crippen molar-refractivity contribution in [3.8, 4) is 11.5 Å². The molecule has 3 nitrogen and oxygen atoms in total. The van der Waals surface area contributed by atoms with Crippen LogP contribution in [0, 0.1) is 17.8 Å². The Bertz CT molecular complexity index is 928. The Kier molecular flexibility index (Phi) is 3.85. The summed E-state index contributed by atoms with van der Waals surface area (Å²) in [6.45, 7) is 0. The monoisotopic (exact) mass is 360 g/mol. The van der Waals surface area contributed by atoms with E-state index in [1.807, 2.05) is 42.5 Å². The summed E-state index contributed by atoms with van der Waals surface area (Å²) in [5, 5.41) is 0. The lowest BCUT2D eigenvalue weighted by molar-refractivity contribution is 0.0921. The number of rotatable bonds is 4. The predicted molar refractivity (Wildman–Crippen MR) is 105 cm³/mol. The van der Waals surface area contributed by atoms with Crippen molar-refractivity contribution < 1.29 is 14.3 Å². The number of ether oxygens (including phenoxy) is 2. The Morgan fingerprint density at radius 2 is 1.74 bits per heavy atom. The molecule has 5 rings (SSSR count). The van der Waals surface area contributed by atoms with Crippen LogP contribution in [0.5, 0.6) is 11.5 Å². The Hall–Kier alpha value is -2.55. The fraction of sp³-hybridized carbons (Fsp3) is 0.375. The van der Waals surface area contributed by atoms with Gasteiger partial charge in [0.05, 0.1) is 20.1 Å². The lowest BCUT2D eigenvalue weighted by atomic mass is 9.66. The van der Waals surface area contributed by atoms with Gasteiger partial charge in [-0.25, -0.2) is 0 Å². The molecule has 0 unspecified atom stereocenters. The van der Waals surface area contributed by atoms with Crippen LogP contribution >= 0.6 is 0 Å². The molecule has 138 valence electrons. The summed E-state index contributed by atoms with van der Waals surface area (Å²) in [6, 6.07) is 13.8. The third-order valence-electron chi connectivity index (χ3n) is 6.78. The van der Waals surface area contributed by atoms with Crippen LogP contribution < -0.4 is 9.47 Å². The minimum Gasteiger partial charge on any atom is -0.493 e. The molecular weight excluding hydrogens is 336 g/mol. The first-order valence-electron chi connectivity index (χ1n) is 9.78. The topological polar surface area (TPSA) is 35.5 Å². The van der Waals surface area contributed by atoms with Crippen LogP contribution in [0.15, 0.2) is 48.0 Å². The summed E-state index contributed by atoms with van der Waals surface area (Å²) >= 11 is 0. The maximum Gasteiger partial charge on any atom is 0.170 e. The molecule has 2 aromatic rings. The molecular formula is C24H24O3. The molecule has 0 saturated heterocycles. The van der Waals surface area contributed by atoms with Crippen molar-refractivity contribution in [3.63, 3.8) is 0 Å². The molecule has 0 spiro atoms. The summed E-state index contributed by atoms with van der Waals surface area (Å²) in [7, 11) is 3.31. The van der Waals surface area contributed by atoms with Crippen LogP contribution in [0.4, 0.5) is 0 Å². The third kappa shape index (κ3) is 2.44. The standard InChI is InChI=1S/C24H24O3/c1-26-20-12-17-11-18-15-8-9-16(10-15)22(18)23(19(17)13-21(20)27-2)24(25)14-6-4-3-5-7-14/h3-7,11-13,15-16,22-23H,8-10H2,1-2H3/t15-,16+,22+,23+/m0/s1. The highest BCUT2D eigenvalue weighted by molar-refractivity contribution is 6.03. The lowest BCUT2D eigenvalue weighted by Gasteiger charge is -2.36. The van der Waals surface area contributed by atoms with Gasteiger partial charge in [-0.3, -0.25) is 4.79 Å². The number of allylic oxidation sites excluding steroid dienone is 1. The molecule has 2 saturated carbocycles. The first kappa shape index (κ1) is 16.6. The molecule has 3 aliphatic carbocycles. The van der Waals surface area contributed by atoms with Crippen molar-refractivity contribution in [2.24, 2.45) is 17.8 Å². The number of fused-ring (bicyclic) bond motifs is 6. The highest BCUT2D eigenvalue weighted by atomic mass is 16.5. The van der Waals surface area contributed by atoms with Gasteiger partial charge in [-0.15, -0.1) is 0 Å². The number of methoxy groups -OCH3 is 2. The lowest BCUT2D eigenvalue weighted by Crippen LogP contribution is -2.30. The van der Waals surface area contributed by atoms with E-state index < -0.39 is 0 Å². The number of hydrogen-bond acceptors (Lipinski definition) is 3. The smallest absolute Gasteiger partial charge is 0.170 e. The van der Waals surface area contributed by atoms with Crippen molar-refractivity contribution >= 4 is 11.9 Å². The van der Waals surface area contributed by atoms with Gasteiger partial charge in [-0.2, -0.15) is 0 Å². The fourth-order valence-electron chi connectivity index (χ4n) is 5.63. The fourth-order valence-corrected chi connectivity index (χ4v) is 5.63. The second kappa shape index (κ2) is 6.26. The molecule has 2 fully saturated rings. The number of Topliss-reactive ketones (excluding diaryl/α,β-unsaturated/α-hetero) is 1. The van der Waals surface area contributed by atoms with E-state index in [1.165, 1.54) is 24.8 Å². The Labute approximate surface area is 160 Å². The van der Waals surface area contributed by atoms with Gasteiger partial charge in [0, 0.05) is 5.56 Å². The van der Waals surface area contributed by atoms with Gasteiger partial charge in [0.15, 0.2) is 17.3 Å². The normalized spacial score (nSPS) is 27.6. The second-order valence-corrected chi connectivity index (χ2v) is 7.98. The van der Waals surface area contributed by atoms with E-state index in [9.17, 15) is 4.79 Å². The van der Waals surface area contributed by atoms with Gasteiger partial charge in [-0.1, -0.05) is 42.0 Å². The van der Waals surface area contributed by atoms with Crippen LogP contribution in [-0.2, 0) is 0 Å². The predicted octanol–water partition coefficient (Wildman–Crippen LogP) is 5.11. The molecule has 27 heavy (non-hydrogen) atoms. The van der Waals surface area contributed by atoms with Crippen LogP contribution in [-0.4, -0.2) is 20.0 Å². The van der Waals surface area contributed by atoms with Crippen molar-refractivity contribution in [2.45, 2.75) is 25.2 Å². The summed E-state index contributed by atoms with van der Waals surface area (Å²) in [6.07, 6.45) is 6.08. The summed E-state index contributed by atoms with van der Waals surface area (Å²) in [5.41, 5.74) is 4.48. The Balaban J connectivity index is 1.69. The molecule has 3 heteroatoms. The molecule has 0 N–H and O–H groups in total. The average Bonchev–Trinajstić information content (AvgIpc) is 3.33. The van der Waals surface area contributed by atoms with Crippen LogP contribution in [0.2, 0.25) is 0 Å². The number of ketones is 1. The molecule has 2 aromatic carbocycles. The molecule has 0 heterocycles. The highest BCUT2D eigenvalue weighted by Crippen LogP contribution is 2.60. The van der Waals surface area contributed by atoms with E-state index in [0.29, 0.717) is 23.5 Å². The van der Waals surface area contributed by atoms with Crippen molar-refractivity contribution in [1.82, 2.24) is 0 Å². The summed E-state index contributed by atoms with van der Waals surface area (Å²) in [4.78, 5) is 13.6. The maximum absolute atomic E-state index is 13.6. The van der Waals surface area contributed by atoms with E-state index in [1.54, 1.807) is 14.2 Å². The molecule has 0 radical (unpaired) electrons. The zero-order chi connectivity index (χ0) is 18.5. The number of carbonyl (C=O) groups is 1. The highest BCUT2D eigenvalue weighted by Gasteiger charge is 2.51. The summed E-state index contributed by atoms with van der Waals surface area (Å²) in [5.74, 6) is 3.13. The van der Waals surface area contributed by atoms with Crippen LogP contribution in [0.3, 0.4) is 0 Å². The number of carbonyl (C=O) groups excluding carboxylic acids is 1. The molecule has 0 aromatic heterocycles. The van der Waals surface area contributed by atoms with E-state index >= 15 is 0 Å². The molecule has 2 bridgehead atoms. The minimum atomic E-state index is -0.127. The largest absolute Gasteiger partial charge is 0.493 e. The van der Waals surface area contributed by atoms with Crippen LogP contribution in [0.25, 0.3) is 6.08 Å². The van der Waals surface area contributed by atoms with E-state index in [4.69, 9.17) is 9.47 Å². The van der Waals surface area contributed by atoms with Gasteiger partial charge < -0.3 is 9.47 Å². The van der Waals surface area contributed by atoms with Gasteiger partial charge >= 0.3 is 0 Å². The van der Waals surface area contributed by atoms with Crippen molar-refractivity contribution in [1.29, 1.82) is 0 Å². The average molecular weight is 360 g/mol. The zero-order valence-corrected chi connectivity index (χ0v) is 15.8. The second-order valence-electron chi connectivity index (χ2n) is 7.98. The molecule has 0 amide bonds. The van der Waals surface area contributed by atoms with Crippen LogP contribution in [0.1, 0.15) is 46.7 Å². The maximum atomic E-state index is 13.6. The third-order valence-corrected chi connectivity index (χ3v) is 6.78. The first-order chi connectivity index (χ1) is 13.2. The van der Waals surface area contributed by atoms with Crippen molar-refractivity contribution in [3.05, 3.63) is 64.7 Å². The Morgan fingerprint density at radius 3 is 2.48 bits per heavy atom. The van der Waals surface area contributed by atoms with E-state index in [2.05, 4.69) is 6.08 Å². The van der Waals surface area contributed by atoms with Gasteiger partial charge in [-0.05, 0) is 60.3 Å². The molecule has 3 aliphatic rings. The van der Waals surface area contributed by atoms with Gasteiger partial charge in [0.1, 0.15) is 0 Å². The number of hydrogen-bond donors (Lipinski definition) is 0. The van der Waals surface area contributed by atoms with Gasteiger partial charge in [0.2, 0.25) is 0 Å². The van der Waals surface area contributed by atoms with Gasteiger partial charge in [0.25, 0.3) is 0 Å². The van der Waals surface area contributed by atoms with E-state index in [-0.39, 0.29) is 11.7 Å². The zero-order valence-electron chi connectivity index (χ0n) is 15.8. The number of benzene rings is 2. The van der Waals surface area contributed by atoms with E-state index in [0.717, 1.165) is 22.4 Å². The summed E-state index contributed by atoms with van der Waals surface area (Å²) < 4.78 is 11.1. The van der Waals surface area contributed by atoms with Crippen molar-refractivity contribution in [2.75, 3.05) is 14.2 Å². The molecule has 4 atom stereocenters. The minimum absolute atomic E-state index is 0.127. The molecule has 0 aliphatic heterocycles. The Morgan fingerprint density at radius 1 is 1.00 bits per heavy atom. The quantitative estimate of drug-likeness (QED) is 0.711. The SMILES string of the molecule is COc1cc2c(cc1OC)[C@@H](C(=O)c1ccccc1)[C@H]1C(=C2)[C@H]2CC[C@@H]1C2.